The van der Waals surface area contributed by atoms with Crippen LogP contribution in [0.4, 0.5) is 0 Å². The molecule has 0 aromatic carbocycles. The van der Waals surface area contributed by atoms with Crippen molar-refractivity contribution in [3.05, 3.63) is 11.7 Å². The van der Waals surface area contributed by atoms with Gasteiger partial charge < -0.3 is 19.3 Å². The number of nitrogens with one attached hydrogen (secondary N) is 1. The van der Waals surface area contributed by atoms with E-state index in [1.165, 1.54) is 0 Å². The van der Waals surface area contributed by atoms with Gasteiger partial charge in [-0.05, 0) is 13.5 Å². The molecule has 6 heteroatoms. The van der Waals surface area contributed by atoms with Crippen LogP contribution in [0.5, 0.6) is 0 Å². The number of aromatic nitrogens is 2. The molecule has 1 aromatic heterocycles. The quantitative estimate of drug-likeness (QED) is 0.825. The van der Waals surface area contributed by atoms with Crippen LogP contribution in [0.3, 0.4) is 0 Å². The molecule has 0 radical (unpaired) electrons. The Kier molecular flexibility index (Phi) is 4.09. The fourth-order valence-electron chi connectivity index (χ4n) is 2.07. The van der Waals surface area contributed by atoms with Crippen molar-refractivity contribution in [2.24, 2.45) is 0 Å². The average Bonchev–Trinajstić information content (AvgIpc) is 2.98. The Morgan fingerprint density at radius 1 is 1.53 bits per heavy atom. The van der Waals surface area contributed by atoms with Crippen molar-refractivity contribution in [3.63, 3.8) is 0 Å². The van der Waals surface area contributed by atoms with Gasteiger partial charge in [-0.3, -0.25) is 0 Å². The Bertz CT molecular complexity index is 351. The predicted molar refractivity (Wildman–Crippen MR) is 60.7 cm³/mol. The third-order valence-electron chi connectivity index (χ3n) is 3.17. The van der Waals surface area contributed by atoms with Crippen LogP contribution in [0.25, 0.3) is 0 Å². The highest BCUT2D eigenvalue weighted by atomic mass is 16.5. The number of hydrogen-bond acceptors (Lipinski definition) is 6. The van der Waals surface area contributed by atoms with Crippen molar-refractivity contribution in [2.75, 3.05) is 27.4 Å². The van der Waals surface area contributed by atoms with Gasteiger partial charge in [0.25, 0.3) is 0 Å². The van der Waals surface area contributed by atoms with E-state index >= 15 is 0 Å². The lowest BCUT2D eigenvalue weighted by molar-refractivity contribution is 0.0903. The molecule has 0 amide bonds. The van der Waals surface area contributed by atoms with Crippen LogP contribution in [0.2, 0.25) is 0 Å². The zero-order chi connectivity index (χ0) is 12.3. The van der Waals surface area contributed by atoms with Crippen LogP contribution < -0.4 is 5.32 Å². The van der Waals surface area contributed by atoms with Gasteiger partial charge in [-0.1, -0.05) is 12.1 Å². The van der Waals surface area contributed by atoms with E-state index < -0.39 is 0 Å². The maximum atomic E-state index is 5.42. The molecular formula is C11H19N3O3. The number of likely N-dealkylation sites (N-methyl/N-ethyl adjacent to an activating group) is 1. The smallest absolute Gasteiger partial charge is 0.233 e. The van der Waals surface area contributed by atoms with E-state index in [9.17, 15) is 0 Å². The summed E-state index contributed by atoms with van der Waals surface area (Å²) in [6.45, 7) is 3.33. The molecule has 3 unspecified atom stereocenters. The molecule has 1 fully saturated rings. The van der Waals surface area contributed by atoms with Crippen LogP contribution in [0, 0.1) is 0 Å². The summed E-state index contributed by atoms with van der Waals surface area (Å²) in [4.78, 5) is 4.41. The second-order valence-electron chi connectivity index (χ2n) is 4.16. The lowest BCUT2D eigenvalue weighted by Crippen LogP contribution is -2.31. The molecule has 17 heavy (non-hydrogen) atoms. The topological polar surface area (TPSA) is 69.4 Å². The average molecular weight is 241 g/mol. The van der Waals surface area contributed by atoms with E-state index in [4.69, 9.17) is 14.0 Å². The molecule has 1 aromatic rings. The fraction of sp³-hybridized carbons (Fsp3) is 0.818. The Morgan fingerprint density at radius 2 is 2.35 bits per heavy atom. The minimum absolute atomic E-state index is 0.0946. The van der Waals surface area contributed by atoms with Gasteiger partial charge in [0.2, 0.25) is 11.7 Å². The Balaban J connectivity index is 2.12. The number of hydrogen-bond donors (Lipinski definition) is 1. The summed E-state index contributed by atoms with van der Waals surface area (Å²) in [5.41, 5.74) is 0. The number of nitrogens with zero attached hydrogens (tertiary/aromatic N) is 2. The van der Waals surface area contributed by atoms with Gasteiger partial charge in [0, 0.05) is 13.2 Å². The molecule has 0 aliphatic carbocycles. The number of methoxy groups -OCH3 is 1. The van der Waals surface area contributed by atoms with Gasteiger partial charge in [0.1, 0.15) is 6.10 Å². The summed E-state index contributed by atoms with van der Waals surface area (Å²) in [5, 5.41) is 7.17. The highest BCUT2D eigenvalue weighted by Crippen LogP contribution is 2.26. The highest BCUT2D eigenvalue weighted by molar-refractivity contribution is 5.03. The third-order valence-corrected chi connectivity index (χ3v) is 3.17. The predicted octanol–water partition coefficient (Wildman–Crippen LogP) is 0.869. The lowest BCUT2D eigenvalue weighted by Gasteiger charge is -2.12. The summed E-state index contributed by atoms with van der Waals surface area (Å²) in [6.07, 6.45) is 0.731. The summed E-state index contributed by atoms with van der Waals surface area (Å²) in [6, 6.07) is 0.242. The van der Waals surface area contributed by atoms with Gasteiger partial charge in [-0.2, -0.15) is 4.98 Å². The van der Waals surface area contributed by atoms with Gasteiger partial charge in [-0.15, -0.1) is 0 Å². The van der Waals surface area contributed by atoms with Crippen molar-refractivity contribution < 1.29 is 14.0 Å². The first-order chi connectivity index (χ1) is 8.30. The van der Waals surface area contributed by atoms with E-state index in [-0.39, 0.29) is 18.1 Å². The molecule has 1 aliphatic rings. The summed E-state index contributed by atoms with van der Waals surface area (Å²) >= 11 is 0. The van der Waals surface area contributed by atoms with E-state index in [2.05, 4.69) is 15.5 Å². The highest BCUT2D eigenvalue weighted by Gasteiger charge is 2.33. The Labute approximate surface area is 101 Å². The minimum atomic E-state index is -0.0946. The monoisotopic (exact) mass is 241 g/mol. The van der Waals surface area contributed by atoms with Crippen LogP contribution in [-0.2, 0) is 9.47 Å². The first kappa shape index (κ1) is 12.5. The molecule has 0 spiro atoms. The number of rotatable bonds is 5. The SMILES string of the molecule is CCC(OC)c1noc(C2COCC2NC)n1. The number of ether oxygens (including phenoxy) is 2. The summed E-state index contributed by atoms with van der Waals surface area (Å²) < 4.78 is 16.0. The largest absolute Gasteiger partial charge is 0.379 e. The first-order valence-corrected chi connectivity index (χ1v) is 5.91. The lowest BCUT2D eigenvalue weighted by atomic mass is 10.0. The Hall–Kier alpha value is -0.980. The fourth-order valence-corrected chi connectivity index (χ4v) is 2.07. The maximum Gasteiger partial charge on any atom is 0.233 e. The molecule has 1 saturated heterocycles. The molecule has 96 valence electrons. The Morgan fingerprint density at radius 3 is 3.00 bits per heavy atom. The zero-order valence-electron chi connectivity index (χ0n) is 10.5. The molecule has 2 rings (SSSR count). The molecule has 1 aliphatic heterocycles. The molecule has 2 heterocycles. The van der Waals surface area contributed by atoms with Gasteiger partial charge >= 0.3 is 0 Å². The van der Waals surface area contributed by atoms with Gasteiger partial charge in [0.15, 0.2) is 0 Å². The normalized spacial score (nSPS) is 26.3. The molecule has 3 atom stereocenters. The molecule has 0 saturated carbocycles. The van der Waals surface area contributed by atoms with Crippen molar-refractivity contribution >= 4 is 0 Å². The van der Waals surface area contributed by atoms with Gasteiger partial charge in [-0.25, -0.2) is 0 Å². The van der Waals surface area contributed by atoms with E-state index in [0.717, 1.165) is 6.42 Å². The van der Waals surface area contributed by atoms with E-state index in [0.29, 0.717) is 24.9 Å². The third kappa shape index (κ3) is 2.48. The van der Waals surface area contributed by atoms with Crippen molar-refractivity contribution in [3.8, 4) is 0 Å². The molecule has 6 nitrogen and oxygen atoms in total. The van der Waals surface area contributed by atoms with Gasteiger partial charge in [0.05, 0.1) is 19.1 Å². The second kappa shape index (κ2) is 5.57. The van der Waals surface area contributed by atoms with Crippen LogP contribution in [0.15, 0.2) is 4.52 Å². The first-order valence-electron chi connectivity index (χ1n) is 5.91. The van der Waals surface area contributed by atoms with Crippen molar-refractivity contribution in [1.29, 1.82) is 0 Å². The molecular weight excluding hydrogens is 222 g/mol. The zero-order valence-corrected chi connectivity index (χ0v) is 10.5. The van der Waals surface area contributed by atoms with Crippen LogP contribution in [0.1, 0.15) is 37.1 Å². The van der Waals surface area contributed by atoms with Crippen LogP contribution >= 0.6 is 0 Å². The summed E-state index contributed by atoms with van der Waals surface area (Å²) in [7, 11) is 3.56. The van der Waals surface area contributed by atoms with Crippen LogP contribution in [-0.4, -0.2) is 43.6 Å². The molecule has 0 bridgehead atoms. The van der Waals surface area contributed by atoms with Crippen molar-refractivity contribution in [1.82, 2.24) is 15.5 Å². The maximum absolute atomic E-state index is 5.42. The second-order valence-corrected chi connectivity index (χ2v) is 4.16. The van der Waals surface area contributed by atoms with E-state index in [1.54, 1.807) is 7.11 Å². The summed E-state index contributed by atoms with van der Waals surface area (Å²) in [5.74, 6) is 1.38. The minimum Gasteiger partial charge on any atom is -0.379 e. The molecule has 1 N–H and O–H groups in total. The van der Waals surface area contributed by atoms with E-state index in [1.807, 2.05) is 14.0 Å². The van der Waals surface area contributed by atoms with Crippen molar-refractivity contribution in [2.45, 2.75) is 31.4 Å². The standard InChI is InChI=1S/C11H19N3O3/c1-4-9(15-3)10-13-11(17-14-10)7-5-16-6-8(7)12-2/h7-9,12H,4-6H2,1-3H3.